The number of fused-ring (bicyclic) bond motifs is 1. The van der Waals surface area contributed by atoms with Crippen molar-refractivity contribution >= 4 is 11.6 Å². The molecular formula is C21H27N3O3. The minimum atomic E-state index is -0.0502. The third-order valence-corrected chi connectivity index (χ3v) is 4.85. The molecule has 0 saturated heterocycles. The molecule has 1 aliphatic rings. The highest BCUT2D eigenvalue weighted by Gasteiger charge is 2.20. The molecule has 1 heterocycles. The van der Waals surface area contributed by atoms with E-state index in [9.17, 15) is 4.79 Å². The average Bonchev–Trinajstić information content (AvgIpc) is 2.68. The number of hydrogen-bond donors (Lipinski definition) is 2. The number of nitrogens with zero attached hydrogens (tertiary/aromatic N) is 1. The highest BCUT2D eigenvalue weighted by molar-refractivity contribution is 5.91. The number of nitrogens with one attached hydrogen (secondary N) is 1. The maximum atomic E-state index is 11.9. The topological polar surface area (TPSA) is 76.8 Å². The molecule has 3 N–H and O–H groups in total. The molecule has 6 heteroatoms. The molecule has 1 amide bonds. The zero-order valence-electron chi connectivity index (χ0n) is 16.0. The van der Waals surface area contributed by atoms with E-state index >= 15 is 0 Å². The molecule has 2 aromatic rings. The van der Waals surface area contributed by atoms with Crippen molar-refractivity contribution in [2.24, 2.45) is 5.73 Å². The van der Waals surface area contributed by atoms with Crippen LogP contribution in [-0.4, -0.2) is 38.1 Å². The van der Waals surface area contributed by atoms with Crippen LogP contribution in [0.3, 0.4) is 0 Å². The number of methoxy groups -OCH3 is 2. The van der Waals surface area contributed by atoms with Crippen LogP contribution in [0.4, 0.5) is 5.69 Å². The van der Waals surface area contributed by atoms with Crippen molar-refractivity contribution in [2.45, 2.75) is 25.9 Å². The van der Waals surface area contributed by atoms with Crippen molar-refractivity contribution < 1.29 is 14.3 Å². The number of hydrogen-bond acceptors (Lipinski definition) is 5. The number of carbonyl (C=O) groups is 1. The molecule has 0 atom stereocenters. The lowest BCUT2D eigenvalue weighted by atomic mass is 9.98. The fourth-order valence-corrected chi connectivity index (χ4v) is 3.44. The Hall–Kier alpha value is -2.57. The molecule has 6 nitrogen and oxygen atoms in total. The maximum absolute atomic E-state index is 11.9. The molecule has 0 bridgehead atoms. The summed E-state index contributed by atoms with van der Waals surface area (Å²) in [5, 5.41) is 2.97. The molecule has 0 aromatic heterocycles. The van der Waals surface area contributed by atoms with E-state index in [2.05, 4.69) is 28.4 Å². The van der Waals surface area contributed by atoms with E-state index in [0.717, 1.165) is 48.8 Å². The molecule has 0 fully saturated rings. The lowest BCUT2D eigenvalue weighted by Crippen LogP contribution is -2.30. The number of nitrogens with two attached hydrogens (primary N) is 1. The summed E-state index contributed by atoms with van der Waals surface area (Å²) in [5.74, 6) is 1.48. The van der Waals surface area contributed by atoms with Gasteiger partial charge in [0.25, 0.3) is 0 Å². The van der Waals surface area contributed by atoms with E-state index in [0.29, 0.717) is 13.0 Å². The van der Waals surface area contributed by atoms with Crippen LogP contribution in [0, 0.1) is 0 Å². The summed E-state index contributed by atoms with van der Waals surface area (Å²) in [5.41, 5.74) is 9.98. The number of amides is 1. The van der Waals surface area contributed by atoms with Gasteiger partial charge in [-0.05, 0) is 41.3 Å². The molecule has 0 spiro atoms. The zero-order chi connectivity index (χ0) is 19.2. The first-order valence-electron chi connectivity index (χ1n) is 9.18. The third-order valence-electron chi connectivity index (χ3n) is 4.85. The number of ether oxygens (including phenoxy) is 2. The summed E-state index contributed by atoms with van der Waals surface area (Å²) in [4.78, 5) is 14.3. The lowest BCUT2D eigenvalue weighted by molar-refractivity contribution is -0.116. The fraction of sp³-hybridized carbons (Fsp3) is 0.381. The molecule has 0 unspecified atom stereocenters. The van der Waals surface area contributed by atoms with E-state index in [1.54, 1.807) is 14.2 Å². The van der Waals surface area contributed by atoms with Crippen LogP contribution >= 0.6 is 0 Å². The van der Waals surface area contributed by atoms with Gasteiger partial charge in [-0.3, -0.25) is 9.69 Å². The van der Waals surface area contributed by atoms with Crippen molar-refractivity contribution in [3.8, 4) is 11.5 Å². The Morgan fingerprint density at radius 1 is 1.15 bits per heavy atom. The summed E-state index contributed by atoms with van der Waals surface area (Å²) in [6, 6.07) is 12.1. The highest BCUT2D eigenvalue weighted by Crippen LogP contribution is 2.33. The molecule has 2 aromatic carbocycles. The highest BCUT2D eigenvalue weighted by atomic mass is 16.5. The summed E-state index contributed by atoms with van der Waals surface area (Å²) < 4.78 is 10.9. The van der Waals surface area contributed by atoms with Crippen LogP contribution < -0.4 is 20.5 Å². The Kier molecular flexibility index (Phi) is 6.32. The van der Waals surface area contributed by atoms with E-state index in [1.807, 2.05) is 18.2 Å². The predicted octanol–water partition coefficient (Wildman–Crippen LogP) is 2.55. The van der Waals surface area contributed by atoms with Gasteiger partial charge in [0.05, 0.1) is 14.2 Å². The lowest BCUT2D eigenvalue weighted by Gasteiger charge is -2.30. The largest absolute Gasteiger partial charge is 0.493 e. The third kappa shape index (κ3) is 4.59. The quantitative estimate of drug-likeness (QED) is 0.784. The van der Waals surface area contributed by atoms with Gasteiger partial charge in [-0.2, -0.15) is 0 Å². The molecule has 3 rings (SSSR count). The summed E-state index contributed by atoms with van der Waals surface area (Å²) in [7, 11) is 3.32. The Bertz CT molecular complexity index is 807. The van der Waals surface area contributed by atoms with Gasteiger partial charge in [-0.1, -0.05) is 18.2 Å². The second-order valence-corrected chi connectivity index (χ2v) is 6.68. The number of para-hydroxylation sites is 1. The van der Waals surface area contributed by atoms with Crippen LogP contribution in [-0.2, 0) is 24.3 Å². The van der Waals surface area contributed by atoms with E-state index in [1.165, 1.54) is 11.1 Å². The second kappa shape index (κ2) is 8.88. The summed E-state index contributed by atoms with van der Waals surface area (Å²) in [6.45, 7) is 2.91. The molecule has 0 saturated carbocycles. The molecular weight excluding hydrogens is 342 g/mol. The number of carbonyl (C=O) groups excluding carboxylic acids is 1. The van der Waals surface area contributed by atoms with Crippen LogP contribution in [0.15, 0.2) is 36.4 Å². The SMILES string of the molecule is COc1cc2c(cc1OC)CN(Cc1ccccc1NC(=O)CCN)CC2. The van der Waals surface area contributed by atoms with Gasteiger partial charge in [0.15, 0.2) is 11.5 Å². The maximum Gasteiger partial charge on any atom is 0.225 e. The predicted molar refractivity (Wildman–Crippen MR) is 106 cm³/mol. The normalized spacial score (nSPS) is 13.7. The van der Waals surface area contributed by atoms with E-state index in [4.69, 9.17) is 15.2 Å². The van der Waals surface area contributed by atoms with Crippen molar-refractivity contribution in [3.63, 3.8) is 0 Å². The van der Waals surface area contributed by atoms with E-state index < -0.39 is 0 Å². The fourth-order valence-electron chi connectivity index (χ4n) is 3.44. The van der Waals surface area contributed by atoms with Crippen molar-refractivity contribution in [1.29, 1.82) is 0 Å². The Balaban J connectivity index is 1.74. The Morgan fingerprint density at radius 2 is 1.85 bits per heavy atom. The van der Waals surface area contributed by atoms with Crippen LogP contribution in [0.1, 0.15) is 23.1 Å². The van der Waals surface area contributed by atoms with Crippen molar-refractivity contribution in [3.05, 3.63) is 53.1 Å². The molecule has 0 aliphatic carbocycles. The molecule has 27 heavy (non-hydrogen) atoms. The summed E-state index contributed by atoms with van der Waals surface area (Å²) in [6.07, 6.45) is 1.28. The first-order chi connectivity index (χ1) is 13.1. The summed E-state index contributed by atoms with van der Waals surface area (Å²) >= 11 is 0. The molecule has 1 aliphatic heterocycles. The first kappa shape index (κ1) is 19.2. The Morgan fingerprint density at radius 3 is 2.56 bits per heavy atom. The molecule has 144 valence electrons. The zero-order valence-corrected chi connectivity index (χ0v) is 16.0. The van der Waals surface area contributed by atoms with Crippen LogP contribution in [0.25, 0.3) is 0 Å². The minimum absolute atomic E-state index is 0.0502. The molecule has 0 radical (unpaired) electrons. The first-order valence-corrected chi connectivity index (χ1v) is 9.18. The number of anilines is 1. The minimum Gasteiger partial charge on any atom is -0.493 e. The van der Waals surface area contributed by atoms with Gasteiger partial charge in [0, 0.05) is 38.3 Å². The second-order valence-electron chi connectivity index (χ2n) is 6.68. The van der Waals surface area contributed by atoms with Gasteiger partial charge >= 0.3 is 0 Å². The van der Waals surface area contributed by atoms with Gasteiger partial charge in [-0.25, -0.2) is 0 Å². The Labute approximate surface area is 160 Å². The van der Waals surface area contributed by atoms with Crippen molar-refractivity contribution in [2.75, 3.05) is 32.6 Å². The van der Waals surface area contributed by atoms with Gasteiger partial charge in [-0.15, -0.1) is 0 Å². The number of benzene rings is 2. The smallest absolute Gasteiger partial charge is 0.225 e. The van der Waals surface area contributed by atoms with Gasteiger partial charge in [0.1, 0.15) is 0 Å². The van der Waals surface area contributed by atoms with Gasteiger partial charge < -0.3 is 20.5 Å². The van der Waals surface area contributed by atoms with Crippen molar-refractivity contribution in [1.82, 2.24) is 4.90 Å². The number of rotatable bonds is 7. The van der Waals surface area contributed by atoms with Crippen LogP contribution in [0.2, 0.25) is 0 Å². The average molecular weight is 369 g/mol. The standard InChI is InChI=1S/C21H27N3O3/c1-26-19-11-15-8-10-24(14-17(15)12-20(19)27-2)13-16-5-3-4-6-18(16)23-21(25)7-9-22/h3-6,11-12H,7-10,13-14,22H2,1-2H3,(H,23,25). The van der Waals surface area contributed by atoms with Gasteiger partial charge in [0.2, 0.25) is 5.91 Å². The van der Waals surface area contributed by atoms with Crippen LogP contribution in [0.5, 0.6) is 11.5 Å². The monoisotopic (exact) mass is 369 g/mol. The van der Waals surface area contributed by atoms with E-state index in [-0.39, 0.29) is 5.91 Å².